The van der Waals surface area contributed by atoms with Crippen LogP contribution in [0.2, 0.25) is 0 Å². The second kappa shape index (κ2) is 3.07. The Balaban J connectivity index is 2.23. The zero-order valence-electron chi connectivity index (χ0n) is 8.49. The first-order valence-corrected chi connectivity index (χ1v) is 4.90. The first kappa shape index (κ1) is 9.83. The zero-order valence-corrected chi connectivity index (χ0v) is 8.49. The van der Waals surface area contributed by atoms with Gasteiger partial charge in [-0.05, 0) is 24.3 Å². The van der Waals surface area contributed by atoms with Crippen molar-refractivity contribution in [3.63, 3.8) is 0 Å². The average Bonchev–Trinajstić information content (AvgIpc) is 2.56. The van der Waals surface area contributed by atoms with Crippen molar-refractivity contribution < 1.29 is 18.7 Å². The Morgan fingerprint density at radius 3 is 2.82 bits per heavy atom. The predicted molar refractivity (Wildman–Crippen MR) is 54.5 cm³/mol. The Bertz CT molecular complexity index is 570. The molecule has 3 rings (SSSR count). The van der Waals surface area contributed by atoms with Crippen molar-refractivity contribution in [1.82, 2.24) is 10.6 Å². The molecule has 1 spiro atoms. The highest BCUT2D eigenvalue weighted by Gasteiger charge is 2.49. The molecule has 0 bridgehead atoms. The van der Waals surface area contributed by atoms with Gasteiger partial charge in [-0.15, -0.1) is 0 Å². The molecule has 1 unspecified atom stereocenters. The van der Waals surface area contributed by atoms with E-state index in [1.165, 1.54) is 30.5 Å². The van der Waals surface area contributed by atoms with Crippen LogP contribution in [0, 0.1) is 5.82 Å². The summed E-state index contributed by atoms with van der Waals surface area (Å²) in [5.41, 5.74) is -1.09. The lowest BCUT2D eigenvalue weighted by molar-refractivity contribution is -0.122. The smallest absolute Gasteiger partial charge is 0.322 e. The van der Waals surface area contributed by atoms with Crippen molar-refractivity contribution >= 4 is 11.9 Å². The number of rotatable bonds is 0. The highest BCUT2D eigenvalue weighted by Crippen LogP contribution is 2.37. The third-order valence-corrected chi connectivity index (χ3v) is 2.78. The van der Waals surface area contributed by atoms with Crippen LogP contribution < -0.4 is 15.4 Å². The Morgan fingerprint density at radius 2 is 2.12 bits per heavy atom. The largest absolute Gasteiger partial charge is 0.465 e. The van der Waals surface area contributed by atoms with Gasteiger partial charge in [-0.3, -0.25) is 10.1 Å². The number of hydrogen-bond acceptors (Lipinski definition) is 3. The SMILES string of the molecule is O=C1NC(=O)C2(C=COc3ccc(F)cc32)N1. The predicted octanol–water partition coefficient (Wildman–Crippen LogP) is 0.766. The Kier molecular flexibility index (Phi) is 1.77. The second-order valence-corrected chi connectivity index (χ2v) is 3.78. The van der Waals surface area contributed by atoms with Gasteiger partial charge in [0.15, 0.2) is 5.54 Å². The minimum absolute atomic E-state index is 0.281. The van der Waals surface area contributed by atoms with Crippen molar-refractivity contribution in [2.75, 3.05) is 0 Å². The minimum Gasteiger partial charge on any atom is -0.465 e. The molecule has 0 radical (unpaired) electrons. The van der Waals surface area contributed by atoms with Gasteiger partial charge >= 0.3 is 6.03 Å². The first-order chi connectivity index (χ1) is 8.12. The fraction of sp³-hybridized carbons (Fsp3) is 0.0909. The molecular weight excluding hydrogens is 227 g/mol. The normalized spacial score (nSPS) is 25.2. The van der Waals surface area contributed by atoms with Crippen LogP contribution in [0.3, 0.4) is 0 Å². The second-order valence-electron chi connectivity index (χ2n) is 3.78. The summed E-state index contributed by atoms with van der Waals surface area (Å²) in [6, 6.07) is 3.19. The number of fused-ring (bicyclic) bond motifs is 2. The van der Waals surface area contributed by atoms with Gasteiger partial charge in [0.2, 0.25) is 0 Å². The number of nitrogens with one attached hydrogen (secondary N) is 2. The molecule has 2 aliphatic rings. The number of carbonyl (C=O) groups is 2. The standard InChI is InChI=1S/C11H7FN2O3/c12-6-1-2-8-7(5-6)11(3-4-17-8)9(15)13-10(16)14-11/h1-5H,(H2,13,14,15,16). The number of amides is 3. The van der Waals surface area contributed by atoms with Crippen molar-refractivity contribution in [2.45, 2.75) is 5.54 Å². The van der Waals surface area contributed by atoms with Gasteiger partial charge in [-0.25, -0.2) is 9.18 Å². The average molecular weight is 234 g/mol. The summed E-state index contributed by atoms with van der Waals surface area (Å²) < 4.78 is 18.4. The first-order valence-electron chi connectivity index (χ1n) is 4.90. The summed E-state index contributed by atoms with van der Waals surface area (Å²) in [6.07, 6.45) is 2.68. The third kappa shape index (κ3) is 1.24. The fourth-order valence-corrected chi connectivity index (χ4v) is 1.99. The van der Waals surface area contributed by atoms with Crippen molar-refractivity contribution in [1.29, 1.82) is 0 Å². The number of halogens is 1. The molecular formula is C11H7FN2O3. The topological polar surface area (TPSA) is 67.4 Å². The molecule has 17 heavy (non-hydrogen) atoms. The zero-order chi connectivity index (χ0) is 12.0. The van der Waals surface area contributed by atoms with Gasteiger partial charge in [0.05, 0.1) is 6.26 Å². The summed E-state index contributed by atoms with van der Waals surface area (Å²) in [5.74, 6) is -0.712. The molecule has 1 aromatic rings. The molecule has 86 valence electrons. The molecule has 1 atom stereocenters. The molecule has 5 nitrogen and oxygen atoms in total. The van der Waals surface area contributed by atoms with Crippen LogP contribution in [-0.2, 0) is 10.3 Å². The lowest BCUT2D eigenvalue weighted by Gasteiger charge is -2.27. The monoisotopic (exact) mass is 234 g/mol. The van der Waals surface area contributed by atoms with Crippen LogP contribution in [-0.4, -0.2) is 11.9 Å². The molecule has 2 heterocycles. The summed E-state index contributed by atoms with van der Waals surface area (Å²) in [5, 5.41) is 4.59. The van der Waals surface area contributed by atoms with Gasteiger partial charge in [0.25, 0.3) is 5.91 Å². The van der Waals surface area contributed by atoms with E-state index < -0.39 is 23.3 Å². The molecule has 1 aromatic carbocycles. The maximum Gasteiger partial charge on any atom is 0.322 e. The van der Waals surface area contributed by atoms with E-state index in [1.54, 1.807) is 0 Å². The Labute approximate surface area is 95.3 Å². The van der Waals surface area contributed by atoms with E-state index in [2.05, 4.69) is 10.6 Å². The molecule has 3 amide bonds. The molecule has 0 saturated carbocycles. The molecule has 2 aliphatic heterocycles. The van der Waals surface area contributed by atoms with Crippen LogP contribution in [0.25, 0.3) is 0 Å². The van der Waals surface area contributed by atoms with Crippen LogP contribution in [0.4, 0.5) is 9.18 Å². The highest BCUT2D eigenvalue weighted by atomic mass is 19.1. The van der Waals surface area contributed by atoms with Crippen LogP contribution in [0.5, 0.6) is 5.75 Å². The van der Waals surface area contributed by atoms with E-state index in [0.717, 1.165) is 0 Å². The molecule has 0 aromatic heterocycles. The third-order valence-electron chi connectivity index (χ3n) is 2.78. The van der Waals surface area contributed by atoms with Gasteiger partial charge in [0, 0.05) is 5.56 Å². The maximum absolute atomic E-state index is 13.2. The van der Waals surface area contributed by atoms with Crippen molar-refractivity contribution in [3.8, 4) is 5.75 Å². The minimum atomic E-state index is -1.37. The fourth-order valence-electron chi connectivity index (χ4n) is 1.99. The lowest BCUT2D eigenvalue weighted by atomic mass is 9.88. The van der Waals surface area contributed by atoms with Gasteiger partial charge in [0.1, 0.15) is 11.6 Å². The molecule has 1 saturated heterocycles. The maximum atomic E-state index is 13.2. The molecule has 0 aliphatic carbocycles. The van der Waals surface area contributed by atoms with E-state index in [1.807, 2.05) is 0 Å². The number of benzene rings is 1. The van der Waals surface area contributed by atoms with Crippen molar-refractivity contribution in [2.24, 2.45) is 0 Å². The van der Waals surface area contributed by atoms with E-state index >= 15 is 0 Å². The van der Waals surface area contributed by atoms with E-state index in [4.69, 9.17) is 4.74 Å². The lowest BCUT2D eigenvalue weighted by Crippen LogP contribution is -2.43. The number of carbonyl (C=O) groups excluding carboxylic acids is 2. The Hall–Kier alpha value is -2.37. The van der Waals surface area contributed by atoms with E-state index in [-0.39, 0.29) is 5.56 Å². The van der Waals surface area contributed by atoms with Gasteiger partial charge < -0.3 is 10.1 Å². The molecule has 1 fully saturated rings. The molecule has 2 N–H and O–H groups in total. The summed E-state index contributed by atoms with van der Waals surface area (Å²) in [7, 11) is 0. The van der Waals surface area contributed by atoms with Crippen molar-refractivity contribution in [3.05, 3.63) is 41.9 Å². The number of urea groups is 1. The van der Waals surface area contributed by atoms with Crippen LogP contribution in [0.1, 0.15) is 5.56 Å². The molecule has 6 heteroatoms. The number of ether oxygens (including phenoxy) is 1. The summed E-state index contributed by atoms with van der Waals surface area (Å²) >= 11 is 0. The van der Waals surface area contributed by atoms with E-state index in [0.29, 0.717) is 5.75 Å². The quantitative estimate of drug-likeness (QED) is 0.651. The van der Waals surface area contributed by atoms with E-state index in [9.17, 15) is 14.0 Å². The van der Waals surface area contributed by atoms with Gasteiger partial charge in [-0.1, -0.05) is 0 Å². The van der Waals surface area contributed by atoms with Gasteiger partial charge in [-0.2, -0.15) is 0 Å². The van der Waals surface area contributed by atoms with Crippen LogP contribution >= 0.6 is 0 Å². The summed E-state index contributed by atoms with van der Waals surface area (Å²) in [4.78, 5) is 23.0. The van der Waals surface area contributed by atoms with Crippen LogP contribution in [0.15, 0.2) is 30.5 Å². The summed E-state index contributed by atoms with van der Waals surface area (Å²) in [6.45, 7) is 0. The Morgan fingerprint density at radius 1 is 1.29 bits per heavy atom. The highest BCUT2D eigenvalue weighted by molar-refractivity contribution is 6.09. The number of imide groups is 1. The number of hydrogen-bond donors (Lipinski definition) is 2.